The number of carbonyl (C=O) groups is 1. The third-order valence-corrected chi connectivity index (χ3v) is 4.60. The highest BCUT2D eigenvalue weighted by Gasteiger charge is 2.31. The van der Waals surface area contributed by atoms with Crippen molar-refractivity contribution in [2.24, 2.45) is 17.6 Å². The lowest BCUT2D eigenvalue weighted by Gasteiger charge is -2.32. The summed E-state index contributed by atoms with van der Waals surface area (Å²) in [6.07, 6.45) is 3.46. The van der Waals surface area contributed by atoms with E-state index in [0.29, 0.717) is 24.4 Å². The Hall–Kier alpha value is -0.320. The summed E-state index contributed by atoms with van der Waals surface area (Å²) in [5.74, 6) is 1.67. The van der Waals surface area contributed by atoms with Crippen molar-refractivity contribution in [3.8, 4) is 0 Å². The molecule has 2 aliphatic heterocycles. The van der Waals surface area contributed by atoms with Gasteiger partial charge in [-0.2, -0.15) is 0 Å². The molecule has 0 aromatic rings. The van der Waals surface area contributed by atoms with Gasteiger partial charge in [0.2, 0.25) is 5.91 Å². The van der Waals surface area contributed by atoms with E-state index in [-0.39, 0.29) is 12.4 Å². The minimum atomic E-state index is 0. The maximum Gasteiger partial charge on any atom is 0.236 e. The van der Waals surface area contributed by atoms with Crippen LogP contribution >= 0.6 is 12.4 Å². The molecule has 1 amide bonds. The van der Waals surface area contributed by atoms with Gasteiger partial charge in [0, 0.05) is 25.7 Å². The summed E-state index contributed by atoms with van der Waals surface area (Å²) in [6, 6.07) is 0.506. The lowest BCUT2D eigenvalue weighted by atomic mass is 9.99. The number of hydrogen-bond acceptors (Lipinski definition) is 3. The summed E-state index contributed by atoms with van der Waals surface area (Å²) >= 11 is 0. The molecule has 0 aromatic carbocycles. The molecule has 4 nitrogen and oxygen atoms in total. The number of rotatable bonds is 3. The Balaban J connectivity index is 0.00000180. The van der Waals surface area contributed by atoms with Gasteiger partial charge >= 0.3 is 0 Å². The average molecular weight is 290 g/mol. The van der Waals surface area contributed by atoms with Crippen molar-refractivity contribution in [1.29, 1.82) is 0 Å². The van der Waals surface area contributed by atoms with Crippen molar-refractivity contribution in [3.05, 3.63) is 0 Å². The Kier molecular flexibility index (Phi) is 6.57. The molecule has 19 heavy (non-hydrogen) atoms. The fourth-order valence-electron chi connectivity index (χ4n) is 3.14. The topological polar surface area (TPSA) is 49.6 Å². The standard InChI is InChI=1S/C14H27N3O.ClH/c1-11-3-5-16(6-4-11)14(18)10-17-9-13(8-15)7-12(17)2;/h11-13H,3-10,15H2,1-2H3;1H. The number of piperidine rings is 1. The number of nitrogens with two attached hydrogens (primary N) is 1. The number of likely N-dealkylation sites (tertiary alicyclic amines) is 2. The van der Waals surface area contributed by atoms with E-state index in [1.807, 2.05) is 4.90 Å². The first kappa shape index (κ1) is 16.7. The van der Waals surface area contributed by atoms with E-state index in [2.05, 4.69) is 18.7 Å². The number of carbonyl (C=O) groups excluding carboxylic acids is 1. The third kappa shape index (κ3) is 4.33. The summed E-state index contributed by atoms with van der Waals surface area (Å²) in [6.45, 7) is 8.71. The molecule has 2 N–H and O–H groups in total. The Morgan fingerprint density at radius 1 is 1.26 bits per heavy atom. The number of halogens is 1. The van der Waals surface area contributed by atoms with Crippen LogP contribution in [0.5, 0.6) is 0 Å². The van der Waals surface area contributed by atoms with E-state index in [1.54, 1.807) is 0 Å². The van der Waals surface area contributed by atoms with E-state index in [1.165, 1.54) is 0 Å². The van der Waals surface area contributed by atoms with Gasteiger partial charge in [-0.3, -0.25) is 9.69 Å². The fourth-order valence-corrected chi connectivity index (χ4v) is 3.14. The summed E-state index contributed by atoms with van der Waals surface area (Å²) in [5, 5.41) is 0. The molecule has 5 heteroatoms. The summed E-state index contributed by atoms with van der Waals surface area (Å²) in [5.41, 5.74) is 5.73. The van der Waals surface area contributed by atoms with Gasteiger partial charge < -0.3 is 10.6 Å². The van der Waals surface area contributed by atoms with Crippen LogP contribution in [0.3, 0.4) is 0 Å². The van der Waals surface area contributed by atoms with E-state index in [9.17, 15) is 4.79 Å². The van der Waals surface area contributed by atoms with Gasteiger partial charge in [-0.05, 0) is 44.6 Å². The van der Waals surface area contributed by atoms with Gasteiger partial charge in [-0.25, -0.2) is 0 Å². The van der Waals surface area contributed by atoms with Gasteiger partial charge in [0.1, 0.15) is 0 Å². The molecule has 2 saturated heterocycles. The Labute approximate surface area is 123 Å². The van der Waals surface area contributed by atoms with Crippen LogP contribution in [0.1, 0.15) is 33.1 Å². The maximum absolute atomic E-state index is 12.3. The maximum atomic E-state index is 12.3. The van der Waals surface area contributed by atoms with Gasteiger partial charge in [-0.1, -0.05) is 6.92 Å². The van der Waals surface area contributed by atoms with Crippen LogP contribution < -0.4 is 5.73 Å². The minimum absolute atomic E-state index is 0. The lowest BCUT2D eigenvalue weighted by molar-refractivity contribution is -0.133. The SMILES string of the molecule is CC1CCN(C(=O)CN2CC(CN)CC2C)CC1.Cl. The van der Waals surface area contributed by atoms with Gasteiger partial charge in [0.25, 0.3) is 0 Å². The molecule has 2 atom stereocenters. The third-order valence-electron chi connectivity index (χ3n) is 4.60. The molecule has 0 spiro atoms. The van der Waals surface area contributed by atoms with E-state index in [0.717, 1.165) is 51.4 Å². The van der Waals surface area contributed by atoms with Crippen molar-refractivity contribution < 1.29 is 4.79 Å². The molecular weight excluding hydrogens is 262 g/mol. The van der Waals surface area contributed by atoms with Crippen molar-refractivity contribution in [2.45, 2.75) is 39.2 Å². The molecule has 0 radical (unpaired) electrons. The summed E-state index contributed by atoms with van der Waals surface area (Å²) in [7, 11) is 0. The fraction of sp³-hybridized carbons (Fsp3) is 0.929. The smallest absolute Gasteiger partial charge is 0.236 e. The first-order valence-electron chi connectivity index (χ1n) is 7.32. The molecule has 0 aromatic heterocycles. The zero-order valence-corrected chi connectivity index (χ0v) is 13.0. The first-order chi connectivity index (χ1) is 8.60. The number of hydrogen-bond donors (Lipinski definition) is 1. The van der Waals surface area contributed by atoms with E-state index < -0.39 is 0 Å². The van der Waals surface area contributed by atoms with Crippen LogP contribution in [0.2, 0.25) is 0 Å². The number of amides is 1. The van der Waals surface area contributed by atoms with Crippen molar-refractivity contribution >= 4 is 18.3 Å². The highest BCUT2D eigenvalue weighted by atomic mass is 35.5. The summed E-state index contributed by atoms with van der Waals surface area (Å²) in [4.78, 5) is 16.6. The second-order valence-corrected chi connectivity index (χ2v) is 6.18. The molecule has 2 unspecified atom stereocenters. The van der Waals surface area contributed by atoms with Crippen LogP contribution in [0, 0.1) is 11.8 Å². The van der Waals surface area contributed by atoms with Crippen molar-refractivity contribution in [3.63, 3.8) is 0 Å². The van der Waals surface area contributed by atoms with E-state index in [4.69, 9.17) is 5.73 Å². The molecule has 2 heterocycles. The molecule has 0 aliphatic carbocycles. The molecule has 2 rings (SSSR count). The monoisotopic (exact) mass is 289 g/mol. The zero-order valence-electron chi connectivity index (χ0n) is 12.2. The van der Waals surface area contributed by atoms with E-state index >= 15 is 0 Å². The number of nitrogens with zero attached hydrogens (tertiary/aromatic N) is 2. The molecule has 2 fully saturated rings. The predicted molar refractivity (Wildman–Crippen MR) is 80.4 cm³/mol. The quantitative estimate of drug-likeness (QED) is 0.853. The van der Waals surface area contributed by atoms with Crippen molar-refractivity contribution in [2.75, 3.05) is 32.7 Å². The Morgan fingerprint density at radius 3 is 2.42 bits per heavy atom. The van der Waals surface area contributed by atoms with Crippen LogP contribution in [-0.4, -0.2) is 54.5 Å². The van der Waals surface area contributed by atoms with Crippen LogP contribution in [-0.2, 0) is 4.79 Å². The van der Waals surface area contributed by atoms with Gasteiger partial charge in [0.05, 0.1) is 6.54 Å². The molecule has 0 saturated carbocycles. The van der Waals surface area contributed by atoms with Crippen LogP contribution in [0.4, 0.5) is 0 Å². The predicted octanol–water partition coefficient (Wildman–Crippen LogP) is 1.34. The Bertz CT molecular complexity index is 292. The second-order valence-electron chi connectivity index (χ2n) is 6.18. The largest absolute Gasteiger partial charge is 0.342 e. The molecule has 112 valence electrons. The minimum Gasteiger partial charge on any atom is -0.342 e. The van der Waals surface area contributed by atoms with Gasteiger partial charge in [-0.15, -0.1) is 12.4 Å². The zero-order chi connectivity index (χ0) is 13.1. The summed E-state index contributed by atoms with van der Waals surface area (Å²) < 4.78 is 0. The molecule has 0 bridgehead atoms. The van der Waals surface area contributed by atoms with Crippen LogP contribution in [0.25, 0.3) is 0 Å². The van der Waals surface area contributed by atoms with Crippen molar-refractivity contribution in [1.82, 2.24) is 9.80 Å². The molecular formula is C14H28ClN3O. The molecule has 2 aliphatic rings. The normalized spacial score (nSPS) is 29.3. The Morgan fingerprint density at radius 2 is 1.89 bits per heavy atom. The first-order valence-corrected chi connectivity index (χ1v) is 7.32. The second kappa shape index (κ2) is 7.46. The lowest BCUT2D eigenvalue weighted by Crippen LogP contribution is -2.44. The highest BCUT2D eigenvalue weighted by molar-refractivity contribution is 5.85. The van der Waals surface area contributed by atoms with Gasteiger partial charge in [0.15, 0.2) is 0 Å². The highest BCUT2D eigenvalue weighted by Crippen LogP contribution is 2.22. The average Bonchev–Trinajstić information content (AvgIpc) is 2.71. The van der Waals surface area contributed by atoms with Crippen LogP contribution in [0.15, 0.2) is 0 Å².